The average molecular weight is 335 g/mol. The zero-order chi connectivity index (χ0) is 14.4. The number of hydrogen-bond acceptors (Lipinski definition) is 3. The van der Waals surface area contributed by atoms with Gasteiger partial charge in [-0.2, -0.15) is 9.61 Å². The van der Waals surface area contributed by atoms with Crippen LogP contribution in [0.3, 0.4) is 0 Å². The molecule has 6 nitrogen and oxygen atoms in total. The highest BCUT2D eigenvalue weighted by Crippen LogP contribution is 2.29. The zero-order valence-electron chi connectivity index (χ0n) is 10.9. The summed E-state index contributed by atoms with van der Waals surface area (Å²) in [7, 11) is 3.04. The second-order valence-electron chi connectivity index (χ2n) is 4.45. The molecule has 0 aliphatic heterocycles. The van der Waals surface area contributed by atoms with Crippen molar-refractivity contribution in [1.29, 1.82) is 0 Å². The summed E-state index contributed by atoms with van der Waals surface area (Å²) >= 11 is 3.44. The fourth-order valence-corrected chi connectivity index (χ4v) is 2.87. The molecule has 0 saturated carbocycles. The highest BCUT2D eigenvalue weighted by atomic mass is 79.9. The second-order valence-corrected chi connectivity index (χ2v) is 5.24. The van der Waals surface area contributed by atoms with Crippen LogP contribution in [0.25, 0.3) is 16.9 Å². The van der Waals surface area contributed by atoms with Crippen LogP contribution in [0, 0.1) is 0 Å². The van der Waals surface area contributed by atoms with Crippen molar-refractivity contribution in [3.05, 3.63) is 55.8 Å². The molecule has 0 bridgehead atoms. The van der Waals surface area contributed by atoms with Crippen molar-refractivity contribution in [3.8, 4) is 11.3 Å². The Hall–Kier alpha value is -2.15. The first-order valence-electron chi connectivity index (χ1n) is 5.92. The van der Waals surface area contributed by atoms with E-state index in [9.17, 15) is 9.59 Å². The van der Waals surface area contributed by atoms with Crippen LogP contribution in [0.5, 0.6) is 0 Å². The van der Waals surface area contributed by atoms with Gasteiger partial charge in [-0.05, 0) is 15.9 Å². The quantitative estimate of drug-likeness (QED) is 0.671. The molecule has 0 atom stereocenters. The number of nitrogens with zero attached hydrogens (tertiary/aromatic N) is 4. The number of aryl methyl sites for hydroxylation is 1. The lowest BCUT2D eigenvalue weighted by Crippen LogP contribution is -2.41. The molecule has 0 aliphatic rings. The van der Waals surface area contributed by atoms with Crippen LogP contribution in [0.15, 0.2) is 44.4 Å². The first-order valence-corrected chi connectivity index (χ1v) is 6.71. The summed E-state index contributed by atoms with van der Waals surface area (Å²) in [4.78, 5) is 24.1. The molecule has 20 heavy (non-hydrogen) atoms. The lowest BCUT2D eigenvalue weighted by molar-refractivity contribution is 0.629. The minimum atomic E-state index is -0.467. The molecule has 0 unspecified atom stereocenters. The summed E-state index contributed by atoms with van der Waals surface area (Å²) in [6, 6.07) is 9.48. The highest BCUT2D eigenvalue weighted by Gasteiger charge is 2.18. The molecule has 0 amide bonds. The minimum Gasteiger partial charge on any atom is -0.280 e. The SMILES string of the molecule is Cn1c(=O)n(C)c2c(Br)c(-c3ccccc3)nn2c1=O. The van der Waals surface area contributed by atoms with Gasteiger partial charge in [0, 0.05) is 19.7 Å². The van der Waals surface area contributed by atoms with Crippen molar-refractivity contribution in [2.75, 3.05) is 0 Å². The van der Waals surface area contributed by atoms with Crippen LogP contribution >= 0.6 is 15.9 Å². The molecule has 2 heterocycles. The van der Waals surface area contributed by atoms with Crippen molar-refractivity contribution >= 4 is 21.6 Å². The Labute approximate surface area is 122 Å². The summed E-state index contributed by atoms with van der Waals surface area (Å²) in [6.07, 6.45) is 0. The Morgan fingerprint density at radius 3 is 2.30 bits per heavy atom. The Kier molecular flexibility index (Phi) is 2.86. The van der Waals surface area contributed by atoms with Gasteiger partial charge in [0.1, 0.15) is 5.69 Å². The van der Waals surface area contributed by atoms with E-state index in [4.69, 9.17) is 0 Å². The summed E-state index contributed by atoms with van der Waals surface area (Å²) in [5.41, 5.74) is 1.09. The van der Waals surface area contributed by atoms with Crippen LogP contribution in [0.2, 0.25) is 0 Å². The van der Waals surface area contributed by atoms with Crippen molar-refractivity contribution in [2.24, 2.45) is 14.1 Å². The molecule has 0 aliphatic carbocycles. The number of hydrogen-bond donors (Lipinski definition) is 0. The molecule has 0 fully saturated rings. The Morgan fingerprint density at radius 2 is 1.65 bits per heavy atom. The van der Waals surface area contributed by atoms with E-state index in [0.29, 0.717) is 15.8 Å². The molecular weight excluding hydrogens is 324 g/mol. The maximum Gasteiger partial charge on any atom is 0.354 e. The van der Waals surface area contributed by atoms with Gasteiger partial charge >= 0.3 is 11.4 Å². The predicted octanol–water partition coefficient (Wildman–Crippen LogP) is 1.16. The summed E-state index contributed by atoms with van der Waals surface area (Å²) in [6.45, 7) is 0. The van der Waals surface area contributed by atoms with Crippen LogP contribution in [0.4, 0.5) is 0 Å². The molecule has 0 radical (unpaired) electrons. The highest BCUT2D eigenvalue weighted by molar-refractivity contribution is 9.10. The number of benzene rings is 1. The van der Waals surface area contributed by atoms with Gasteiger partial charge in [0.15, 0.2) is 5.65 Å². The molecule has 3 rings (SSSR count). The van der Waals surface area contributed by atoms with E-state index in [1.807, 2.05) is 30.3 Å². The van der Waals surface area contributed by atoms with E-state index in [-0.39, 0.29) is 5.69 Å². The average Bonchev–Trinajstić information content (AvgIpc) is 2.81. The van der Waals surface area contributed by atoms with E-state index >= 15 is 0 Å². The second kappa shape index (κ2) is 4.45. The summed E-state index contributed by atoms with van der Waals surface area (Å²) < 4.78 is 4.28. The van der Waals surface area contributed by atoms with E-state index in [1.54, 1.807) is 7.05 Å². The van der Waals surface area contributed by atoms with Gasteiger partial charge in [0.2, 0.25) is 0 Å². The number of fused-ring (bicyclic) bond motifs is 1. The normalized spacial score (nSPS) is 11.2. The zero-order valence-corrected chi connectivity index (χ0v) is 12.5. The largest absolute Gasteiger partial charge is 0.354 e. The predicted molar refractivity (Wildman–Crippen MR) is 78.8 cm³/mol. The van der Waals surface area contributed by atoms with Crippen molar-refractivity contribution < 1.29 is 0 Å². The van der Waals surface area contributed by atoms with Crippen molar-refractivity contribution in [2.45, 2.75) is 0 Å². The van der Waals surface area contributed by atoms with E-state index in [2.05, 4.69) is 21.0 Å². The van der Waals surface area contributed by atoms with Gasteiger partial charge in [0.25, 0.3) is 0 Å². The Balaban J connectivity index is 2.49. The van der Waals surface area contributed by atoms with Crippen molar-refractivity contribution in [3.63, 3.8) is 0 Å². The van der Waals surface area contributed by atoms with Crippen LogP contribution in [-0.4, -0.2) is 18.7 Å². The van der Waals surface area contributed by atoms with Gasteiger partial charge in [-0.1, -0.05) is 30.3 Å². The molecule has 7 heteroatoms. The molecule has 0 N–H and O–H groups in total. The van der Waals surface area contributed by atoms with Gasteiger partial charge in [-0.3, -0.25) is 4.57 Å². The van der Waals surface area contributed by atoms with Crippen molar-refractivity contribution in [1.82, 2.24) is 18.7 Å². The van der Waals surface area contributed by atoms with Crippen LogP contribution in [0.1, 0.15) is 0 Å². The summed E-state index contributed by atoms with van der Waals surface area (Å²) in [5, 5.41) is 4.32. The molecule has 1 aromatic carbocycles. The number of aromatic nitrogens is 4. The standard InChI is InChI=1S/C13H11BrN4O2/c1-16-11-9(14)10(8-6-4-3-5-7-8)15-18(11)13(20)17(2)12(16)19/h3-7H,1-2H3. The lowest BCUT2D eigenvalue weighted by atomic mass is 10.2. The smallest absolute Gasteiger partial charge is 0.280 e. The fraction of sp³-hybridized carbons (Fsp3) is 0.154. The topological polar surface area (TPSA) is 61.3 Å². The Morgan fingerprint density at radius 1 is 1.00 bits per heavy atom. The van der Waals surface area contributed by atoms with Gasteiger partial charge < -0.3 is 0 Å². The van der Waals surface area contributed by atoms with Gasteiger partial charge in [-0.15, -0.1) is 0 Å². The monoisotopic (exact) mass is 334 g/mol. The molecule has 2 aromatic heterocycles. The third kappa shape index (κ3) is 1.66. The van der Waals surface area contributed by atoms with Crippen LogP contribution < -0.4 is 11.4 Å². The fourth-order valence-electron chi connectivity index (χ4n) is 2.13. The molecular formula is C13H11BrN4O2. The lowest BCUT2D eigenvalue weighted by Gasteiger charge is -2.03. The van der Waals surface area contributed by atoms with E-state index in [0.717, 1.165) is 10.1 Å². The maximum absolute atomic E-state index is 12.1. The van der Waals surface area contributed by atoms with E-state index in [1.165, 1.54) is 16.1 Å². The molecule has 0 spiro atoms. The summed E-state index contributed by atoms with van der Waals surface area (Å²) in [5.74, 6) is 0. The third-order valence-electron chi connectivity index (χ3n) is 3.21. The third-order valence-corrected chi connectivity index (χ3v) is 3.94. The first kappa shape index (κ1) is 12.9. The first-order chi connectivity index (χ1) is 9.52. The number of rotatable bonds is 1. The molecule has 3 aromatic rings. The number of halogens is 1. The molecule has 0 saturated heterocycles. The van der Waals surface area contributed by atoms with Gasteiger partial charge in [0.05, 0.1) is 4.47 Å². The van der Waals surface area contributed by atoms with Crippen LogP contribution in [-0.2, 0) is 14.1 Å². The maximum atomic E-state index is 12.1. The molecule has 102 valence electrons. The minimum absolute atomic E-state index is 0.386. The van der Waals surface area contributed by atoms with Gasteiger partial charge in [-0.25, -0.2) is 14.2 Å². The van der Waals surface area contributed by atoms with E-state index < -0.39 is 5.69 Å². The Bertz CT molecular complexity index is 921.